The number of hydrogen-bond acceptors (Lipinski definition) is 5. The molecular formula is C10H13IN2O5. The summed E-state index contributed by atoms with van der Waals surface area (Å²) in [6.07, 6.45) is -0.386. The van der Waals surface area contributed by atoms with E-state index in [-0.39, 0.29) is 19.4 Å². The third-order valence-corrected chi connectivity index (χ3v) is 3.50. The third kappa shape index (κ3) is 2.99. The molecule has 0 radical (unpaired) electrons. The topological polar surface area (TPSA) is 105 Å². The van der Waals surface area contributed by atoms with E-state index in [1.54, 1.807) is 0 Å². The fourth-order valence-corrected chi connectivity index (χ4v) is 2.30. The summed E-state index contributed by atoms with van der Waals surface area (Å²) in [6, 6.07) is 0. The molecule has 1 aromatic rings. The second-order valence-electron chi connectivity index (χ2n) is 4.21. The first kappa shape index (κ1) is 13.7. The molecule has 0 saturated carbocycles. The molecule has 0 bridgehead atoms. The minimum atomic E-state index is -0.748. The molecule has 1 aromatic heterocycles. The molecule has 1 saturated heterocycles. The maximum absolute atomic E-state index is 11.7. The Balaban J connectivity index is 2.33. The average Bonchev–Trinajstić information content (AvgIpc) is 2.45. The molecule has 0 aromatic carbocycles. The maximum atomic E-state index is 11.7. The lowest BCUT2D eigenvalue weighted by Gasteiger charge is -2.19. The smallest absolute Gasteiger partial charge is 0.330 e. The number of H-pyrrole nitrogens is 1. The standard InChI is InChI=1S/C10H13IN2O5/c11-7-3-13(10(17)12-9(7)16)8-2-5(14)1-6(15)4-18-8/h3,5-6,8,14-15H,1-2,4H2,(H,12,16,17)/t5?,6?,8-/m1/s1. The van der Waals surface area contributed by atoms with Gasteiger partial charge in [-0.2, -0.15) is 0 Å². The zero-order valence-electron chi connectivity index (χ0n) is 9.38. The predicted molar refractivity (Wildman–Crippen MR) is 70.3 cm³/mol. The molecule has 100 valence electrons. The second-order valence-corrected chi connectivity index (χ2v) is 5.37. The van der Waals surface area contributed by atoms with E-state index in [1.165, 1.54) is 10.8 Å². The van der Waals surface area contributed by atoms with Crippen molar-refractivity contribution in [3.63, 3.8) is 0 Å². The molecule has 1 aliphatic heterocycles. The summed E-state index contributed by atoms with van der Waals surface area (Å²) < 4.78 is 6.96. The molecule has 7 nitrogen and oxygen atoms in total. The fourth-order valence-electron chi connectivity index (χ4n) is 1.87. The van der Waals surface area contributed by atoms with Crippen LogP contribution in [0.4, 0.5) is 0 Å². The van der Waals surface area contributed by atoms with Gasteiger partial charge in [0.05, 0.1) is 22.4 Å². The van der Waals surface area contributed by atoms with Crippen molar-refractivity contribution < 1.29 is 14.9 Å². The Bertz CT molecular complexity index is 540. The molecule has 0 amide bonds. The van der Waals surface area contributed by atoms with E-state index in [0.29, 0.717) is 3.57 Å². The normalized spacial score (nSPS) is 28.9. The zero-order chi connectivity index (χ0) is 13.3. The lowest BCUT2D eigenvalue weighted by Crippen LogP contribution is -2.35. The molecule has 18 heavy (non-hydrogen) atoms. The van der Waals surface area contributed by atoms with E-state index in [4.69, 9.17) is 4.74 Å². The van der Waals surface area contributed by atoms with Crippen LogP contribution in [0.2, 0.25) is 0 Å². The SMILES string of the molecule is O=c1[nH]c(=O)n([C@H]2CC(O)CC(O)CO2)cc1I. The first-order valence-electron chi connectivity index (χ1n) is 5.46. The highest BCUT2D eigenvalue weighted by atomic mass is 127. The van der Waals surface area contributed by atoms with E-state index < -0.39 is 29.7 Å². The molecule has 2 unspecified atom stereocenters. The van der Waals surface area contributed by atoms with Crippen molar-refractivity contribution in [3.05, 3.63) is 30.6 Å². The van der Waals surface area contributed by atoms with E-state index >= 15 is 0 Å². The largest absolute Gasteiger partial charge is 0.393 e. The molecule has 0 spiro atoms. The van der Waals surface area contributed by atoms with Crippen molar-refractivity contribution in [2.24, 2.45) is 0 Å². The number of nitrogens with zero attached hydrogens (tertiary/aromatic N) is 1. The van der Waals surface area contributed by atoms with Gasteiger partial charge in [-0.1, -0.05) is 0 Å². The van der Waals surface area contributed by atoms with Gasteiger partial charge in [-0.15, -0.1) is 0 Å². The molecule has 0 aliphatic carbocycles. The van der Waals surface area contributed by atoms with Crippen molar-refractivity contribution in [2.75, 3.05) is 6.61 Å². The monoisotopic (exact) mass is 368 g/mol. The lowest BCUT2D eigenvalue weighted by atomic mass is 10.1. The van der Waals surface area contributed by atoms with Crippen LogP contribution < -0.4 is 11.2 Å². The van der Waals surface area contributed by atoms with E-state index in [1.807, 2.05) is 22.6 Å². The third-order valence-electron chi connectivity index (χ3n) is 2.73. The number of aromatic nitrogens is 2. The number of halogens is 1. The van der Waals surface area contributed by atoms with Gasteiger partial charge in [0.25, 0.3) is 5.56 Å². The summed E-state index contributed by atoms with van der Waals surface area (Å²) in [5, 5.41) is 19.1. The predicted octanol–water partition coefficient (Wildman–Crippen LogP) is -0.828. The lowest BCUT2D eigenvalue weighted by molar-refractivity contribution is -0.0353. The Morgan fingerprint density at radius 2 is 2.06 bits per heavy atom. The first-order valence-corrected chi connectivity index (χ1v) is 6.54. The van der Waals surface area contributed by atoms with Crippen LogP contribution in [0.3, 0.4) is 0 Å². The summed E-state index contributed by atoms with van der Waals surface area (Å²) in [5.74, 6) is 0. The van der Waals surface area contributed by atoms with Crippen LogP contribution in [0.1, 0.15) is 19.1 Å². The van der Waals surface area contributed by atoms with Gasteiger partial charge in [0.2, 0.25) is 0 Å². The number of ether oxygens (including phenoxy) is 1. The van der Waals surface area contributed by atoms with E-state index in [2.05, 4.69) is 4.98 Å². The van der Waals surface area contributed by atoms with Crippen LogP contribution in [0.25, 0.3) is 0 Å². The van der Waals surface area contributed by atoms with Crippen LogP contribution in [0.5, 0.6) is 0 Å². The minimum absolute atomic E-state index is 0.0455. The molecule has 1 fully saturated rings. The second kappa shape index (κ2) is 5.51. The van der Waals surface area contributed by atoms with Crippen molar-refractivity contribution in [3.8, 4) is 0 Å². The number of aliphatic hydroxyl groups excluding tert-OH is 2. The number of aliphatic hydroxyl groups is 2. The summed E-state index contributed by atoms with van der Waals surface area (Å²) in [4.78, 5) is 25.1. The van der Waals surface area contributed by atoms with Crippen LogP contribution in [-0.2, 0) is 4.74 Å². The van der Waals surface area contributed by atoms with Gasteiger partial charge < -0.3 is 14.9 Å². The first-order chi connectivity index (χ1) is 8.47. The van der Waals surface area contributed by atoms with Crippen molar-refractivity contribution >= 4 is 22.6 Å². The highest BCUT2D eigenvalue weighted by molar-refractivity contribution is 14.1. The van der Waals surface area contributed by atoms with Gasteiger partial charge in [-0.25, -0.2) is 4.79 Å². The molecule has 3 atom stereocenters. The van der Waals surface area contributed by atoms with Gasteiger partial charge in [0, 0.05) is 19.0 Å². The maximum Gasteiger partial charge on any atom is 0.330 e. The van der Waals surface area contributed by atoms with Gasteiger partial charge in [-0.3, -0.25) is 14.3 Å². The van der Waals surface area contributed by atoms with Crippen LogP contribution in [0, 0.1) is 3.57 Å². The summed E-state index contributed by atoms with van der Waals surface area (Å²) in [6.45, 7) is 0.0455. The van der Waals surface area contributed by atoms with Gasteiger partial charge >= 0.3 is 5.69 Å². The zero-order valence-corrected chi connectivity index (χ0v) is 11.5. The molecular weight excluding hydrogens is 355 g/mol. The minimum Gasteiger partial charge on any atom is -0.393 e. The van der Waals surface area contributed by atoms with Gasteiger partial charge in [-0.05, 0) is 22.6 Å². The van der Waals surface area contributed by atoms with Crippen LogP contribution in [-0.4, -0.2) is 38.6 Å². The molecule has 1 aliphatic rings. The number of nitrogens with one attached hydrogen (secondary N) is 1. The Morgan fingerprint density at radius 1 is 1.33 bits per heavy atom. The van der Waals surface area contributed by atoms with Crippen LogP contribution in [0.15, 0.2) is 15.8 Å². The van der Waals surface area contributed by atoms with Crippen molar-refractivity contribution in [2.45, 2.75) is 31.3 Å². The Hall–Kier alpha value is -0.710. The Labute approximate surface area is 116 Å². The highest BCUT2D eigenvalue weighted by Gasteiger charge is 2.26. The van der Waals surface area contributed by atoms with Crippen LogP contribution >= 0.6 is 22.6 Å². The van der Waals surface area contributed by atoms with Gasteiger partial charge in [0.15, 0.2) is 0 Å². The van der Waals surface area contributed by atoms with E-state index in [9.17, 15) is 19.8 Å². The average molecular weight is 368 g/mol. The summed E-state index contributed by atoms with van der Waals surface area (Å²) in [5.41, 5.74) is -1.04. The summed E-state index contributed by atoms with van der Waals surface area (Å²) >= 11 is 1.81. The molecule has 8 heteroatoms. The number of aromatic amines is 1. The highest BCUT2D eigenvalue weighted by Crippen LogP contribution is 2.21. The number of rotatable bonds is 1. The van der Waals surface area contributed by atoms with Crippen molar-refractivity contribution in [1.29, 1.82) is 0 Å². The Kier molecular flexibility index (Phi) is 4.20. The Morgan fingerprint density at radius 3 is 2.78 bits per heavy atom. The molecule has 3 N–H and O–H groups in total. The van der Waals surface area contributed by atoms with Gasteiger partial charge in [0.1, 0.15) is 6.23 Å². The quantitative estimate of drug-likeness (QED) is 0.562. The molecule has 2 rings (SSSR count). The fraction of sp³-hybridized carbons (Fsp3) is 0.600. The number of hydrogen-bond donors (Lipinski definition) is 3. The van der Waals surface area contributed by atoms with Crippen molar-refractivity contribution in [1.82, 2.24) is 9.55 Å². The molecule has 2 heterocycles. The van der Waals surface area contributed by atoms with E-state index in [0.717, 1.165) is 0 Å². The summed E-state index contributed by atoms with van der Waals surface area (Å²) in [7, 11) is 0.